The number of aliphatic carboxylic acids is 8. The molecule has 0 saturated carbocycles. The van der Waals surface area contributed by atoms with Gasteiger partial charge in [0.2, 0.25) is 0 Å². The van der Waals surface area contributed by atoms with Crippen molar-refractivity contribution < 1.29 is 79.2 Å². The molecule has 20 heteroatoms. The highest BCUT2D eigenvalue weighted by Gasteiger charge is 2.53. The monoisotopic (exact) mass is 892 g/mol. The summed E-state index contributed by atoms with van der Waals surface area (Å²) in [5.74, 6) is -11.9. The number of aliphatic imine (C=N–C) groups is 3. The van der Waals surface area contributed by atoms with E-state index in [1.165, 1.54) is 18.2 Å². The second-order valence-corrected chi connectivity index (χ2v) is 17.9. The second-order valence-electron chi connectivity index (χ2n) is 17.9. The van der Waals surface area contributed by atoms with Crippen molar-refractivity contribution in [2.24, 2.45) is 43.1 Å². The molecule has 64 heavy (non-hydrogen) atoms. The number of carboxylic acids is 8. The van der Waals surface area contributed by atoms with Crippen molar-refractivity contribution in [1.82, 2.24) is 5.32 Å². The molecule has 0 amide bonds. The van der Waals surface area contributed by atoms with Crippen LogP contribution < -0.4 is 5.32 Å². The Hall–Kier alpha value is -6.73. The van der Waals surface area contributed by atoms with Crippen molar-refractivity contribution in [1.29, 1.82) is 0 Å². The molecule has 5 aliphatic rings. The van der Waals surface area contributed by atoms with Crippen molar-refractivity contribution in [3.8, 4) is 0 Å². The molecular weight excluding hydrogens is 840 g/mol. The number of fused-ring (bicyclic) bond motifs is 5. The zero-order valence-electron chi connectivity index (χ0n) is 35.8. The Morgan fingerprint density at radius 1 is 0.609 bits per heavy atom. The molecule has 5 heterocycles. The highest BCUT2D eigenvalue weighted by molar-refractivity contribution is 6.13. The molecule has 1 unspecified atom stereocenters. The van der Waals surface area contributed by atoms with Gasteiger partial charge < -0.3 is 46.2 Å². The lowest BCUT2D eigenvalue weighted by Gasteiger charge is -2.32. The highest BCUT2D eigenvalue weighted by Crippen LogP contribution is 2.55. The number of nitrogens with one attached hydrogen (secondary N) is 1. The Kier molecular flexibility index (Phi) is 13.7. The second kappa shape index (κ2) is 18.2. The summed E-state index contributed by atoms with van der Waals surface area (Å²) in [5, 5.41) is 83.9. The lowest BCUT2D eigenvalue weighted by atomic mass is 9.68. The normalized spacial score (nSPS) is 30.8. The van der Waals surface area contributed by atoms with Crippen LogP contribution in [0.25, 0.3) is 0 Å². The van der Waals surface area contributed by atoms with Crippen LogP contribution in [0.15, 0.2) is 72.7 Å². The summed E-state index contributed by atoms with van der Waals surface area (Å²) < 4.78 is 0. The average Bonchev–Trinajstić information content (AvgIpc) is 3.72. The minimum Gasteiger partial charge on any atom is -0.481 e. The fourth-order valence-corrected chi connectivity index (χ4v) is 10.1. The van der Waals surface area contributed by atoms with Crippen molar-refractivity contribution in [2.75, 3.05) is 0 Å². The van der Waals surface area contributed by atoms with Crippen molar-refractivity contribution >= 4 is 64.9 Å². The van der Waals surface area contributed by atoms with E-state index in [9.17, 15) is 79.2 Å². The highest BCUT2D eigenvalue weighted by atomic mass is 16.4. The molecule has 0 aromatic carbocycles. The number of hydrogen-bond donors (Lipinski definition) is 9. The molecule has 9 N–H and O–H groups in total. The fourth-order valence-electron chi connectivity index (χ4n) is 10.1. The van der Waals surface area contributed by atoms with E-state index in [-0.39, 0.29) is 88.7 Å². The SMILES string of the molecule is CC12CC3=C(CCC(=O)O)[C@](C)(CC(=O)O)C(=N3)/C=C3\N/C(=C\C4=NC(=C\C(=N1)C(CCC(=O)O)=C2CC(=O)O)/[C@@](C)(CC(=O)O)[C@@H]4CCC(=O)O)[C@@](C)(CC(=O)O)[C@@H]3CCC(=O)O. The number of carboxylic acid groups (broad SMARTS) is 8. The first-order valence-corrected chi connectivity index (χ1v) is 20.6. The van der Waals surface area contributed by atoms with Crippen molar-refractivity contribution in [2.45, 2.75) is 117 Å². The number of hydrogen-bond acceptors (Lipinski definition) is 12. The van der Waals surface area contributed by atoms with E-state index in [4.69, 9.17) is 15.0 Å². The van der Waals surface area contributed by atoms with Crippen LogP contribution in [0.2, 0.25) is 0 Å². The maximum atomic E-state index is 12.7. The number of nitrogens with zero attached hydrogens (tertiary/aromatic N) is 3. The molecule has 5 aliphatic heterocycles. The number of allylic oxidation sites excluding steroid dienone is 8. The van der Waals surface area contributed by atoms with E-state index >= 15 is 0 Å². The minimum atomic E-state index is -1.56. The first-order valence-electron chi connectivity index (χ1n) is 20.6. The Balaban J connectivity index is 1.97. The van der Waals surface area contributed by atoms with Crippen molar-refractivity contribution in [3.63, 3.8) is 0 Å². The Morgan fingerprint density at radius 2 is 1.16 bits per heavy atom. The predicted molar refractivity (Wildman–Crippen MR) is 225 cm³/mol. The van der Waals surface area contributed by atoms with Gasteiger partial charge in [-0.1, -0.05) is 13.8 Å². The molecule has 0 aromatic rings. The Morgan fingerprint density at radius 3 is 1.70 bits per heavy atom. The standard InChI is InChI=1S/C44H52N4O16/c1-41(18-38(59)60)22(6-10-34(51)52)27-15-31-42(2,19-39(61)62)23(7-11-35(53)54)28(46-31)16-32-43(3,20-40(63)64)24(8-12-36(55)56)29(47-32)17-44(4)25(13-37(57)58)21(5-9-33(49)50)26(48-44)14-30(41)45-27/h14-16,22-23,46H,5-13,17-20H2,1-4H3,(H,49,50)(H,51,52)(H,53,54)(H,55,56)(H,57,58)(H,59,60)(H,61,62)(H,63,64)/b28-16-,30-14-,31-15-/t22-,23-,41+,42+,43+,44?/m1/s1. The van der Waals surface area contributed by atoms with E-state index in [2.05, 4.69) is 5.32 Å². The molecule has 0 aliphatic carbocycles. The third-order valence-electron chi connectivity index (χ3n) is 13.2. The van der Waals surface area contributed by atoms with Crippen LogP contribution in [0.4, 0.5) is 0 Å². The Bertz CT molecular complexity index is 2370. The summed E-state index contributed by atoms with van der Waals surface area (Å²) >= 11 is 0. The van der Waals surface area contributed by atoms with Crippen LogP contribution in [0.5, 0.6) is 0 Å². The summed E-state index contributed by atoms with van der Waals surface area (Å²) in [5.41, 5.74) is -4.45. The summed E-state index contributed by atoms with van der Waals surface area (Å²) in [7, 11) is 0. The number of rotatable bonds is 20. The summed E-state index contributed by atoms with van der Waals surface area (Å²) in [6.07, 6.45) is -0.913. The molecule has 344 valence electrons. The average molecular weight is 893 g/mol. The van der Waals surface area contributed by atoms with Gasteiger partial charge in [-0.15, -0.1) is 0 Å². The van der Waals surface area contributed by atoms with E-state index in [0.717, 1.165) is 0 Å². The largest absolute Gasteiger partial charge is 0.481 e. The van der Waals surface area contributed by atoms with Gasteiger partial charge in [0.05, 0.1) is 42.6 Å². The molecule has 0 spiro atoms. The van der Waals surface area contributed by atoms with Crippen LogP contribution in [0, 0.1) is 28.1 Å². The van der Waals surface area contributed by atoms with Gasteiger partial charge in [-0.2, -0.15) is 0 Å². The zero-order valence-corrected chi connectivity index (χ0v) is 35.8. The molecule has 6 atom stereocenters. The molecular formula is C44H52N4O16. The summed E-state index contributed by atoms with van der Waals surface area (Å²) in [4.78, 5) is 114. The molecule has 0 radical (unpaired) electrons. The summed E-state index contributed by atoms with van der Waals surface area (Å²) in [6, 6.07) is 0. The molecule has 20 nitrogen and oxygen atoms in total. The van der Waals surface area contributed by atoms with Gasteiger partial charge in [-0.05, 0) is 74.5 Å². The van der Waals surface area contributed by atoms with E-state index in [1.54, 1.807) is 27.7 Å². The van der Waals surface area contributed by atoms with Gasteiger partial charge in [0.1, 0.15) is 0 Å². The van der Waals surface area contributed by atoms with Crippen LogP contribution in [0.1, 0.15) is 111 Å². The lowest BCUT2D eigenvalue weighted by Crippen LogP contribution is -2.33. The quantitative estimate of drug-likeness (QED) is 0.0782. The van der Waals surface area contributed by atoms with Gasteiger partial charge in [-0.3, -0.25) is 53.3 Å². The van der Waals surface area contributed by atoms with E-state index in [1.807, 2.05) is 0 Å². The topological polar surface area (TPSA) is 348 Å². The molecule has 0 aromatic heterocycles. The third-order valence-corrected chi connectivity index (χ3v) is 13.2. The van der Waals surface area contributed by atoms with Crippen LogP contribution >= 0.6 is 0 Å². The van der Waals surface area contributed by atoms with E-state index < -0.39 is 133 Å². The van der Waals surface area contributed by atoms with Gasteiger partial charge in [0, 0.05) is 88.7 Å². The van der Waals surface area contributed by atoms with Gasteiger partial charge in [0.25, 0.3) is 0 Å². The van der Waals surface area contributed by atoms with Crippen molar-refractivity contribution in [3.05, 3.63) is 57.7 Å². The molecule has 8 bridgehead atoms. The minimum absolute atomic E-state index is 0.0575. The fraction of sp³-hybridized carbons (Fsp3) is 0.523. The molecule has 5 rings (SSSR count). The third kappa shape index (κ3) is 9.89. The van der Waals surface area contributed by atoms with Crippen LogP contribution in [-0.2, 0) is 38.4 Å². The predicted octanol–water partition coefficient (Wildman–Crippen LogP) is 4.93. The summed E-state index contributed by atoms with van der Waals surface area (Å²) in [6.45, 7) is 6.28. The van der Waals surface area contributed by atoms with Gasteiger partial charge in [-0.25, -0.2) is 0 Å². The molecule has 1 fully saturated rings. The van der Waals surface area contributed by atoms with Crippen LogP contribution in [0.3, 0.4) is 0 Å². The smallest absolute Gasteiger partial charge is 0.307 e. The molecule has 1 saturated heterocycles. The first kappa shape index (κ1) is 48.3. The maximum Gasteiger partial charge on any atom is 0.307 e. The maximum absolute atomic E-state index is 12.7. The van der Waals surface area contributed by atoms with E-state index in [0.29, 0.717) is 0 Å². The van der Waals surface area contributed by atoms with Gasteiger partial charge >= 0.3 is 47.8 Å². The van der Waals surface area contributed by atoms with Crippen LogP contribution in [-0.4, -0.2) is 111 Å². The first-order chi connectivity index (χ1) is 29.7. The number of carbonyl (C=O) groups is 8. The zero-order chi connectivity index (χ0) is 47.7. The van der Waals surface area contributed by atoms with Gasteiger partial charge in [0.15, 0.2) is 0 Å². The lowest BCUT2D eigenvalue weighted by molar-refractivity contribution is -0.141. The Labute approximate surface area is 366 Å².